The predicted molar refractivity (Wildman–Crippen MR) is 110 cm³/mol. The largest absolute Gasteiger partial charge is 0.496 e. The third kappa shape index (κ3) is 3.37. The number of para-hydroxylation sites is 1. The second-order valence-corrected chi connectivity index (χ2v) is 6.51. The molecule has 0 saturated carbocycles. The normalized spacial score (nSPS) is 10.8. The molecule has 4 rings (SSSR count). The maximum Gasteiger partial charge on any atom is 0.336 e. The van der Waals surface area contributed by atoms with E-state index < -0.39 is 0 Å². The van der Waals surface area contributed by atoms with E-state index >= 15 is 0 Å². The highest BCUT2D eigenvalue weighted by molar-refractivity contribution is 5.95. The van der Waals surface area contributed by atoms with Gasteiger partial charge in [-0.15, -0.1) is 0 Å². The minimum absolute atomic E-state index is 0.360. The highest BCUT2D eigenvalue weighted by atomic mass is 16.5. The molecule has 4 nitrogen and oxygen atoms in total. The molecule has 0 bridgehead atoms. The van der Waals surface area contributed by atoms with Crippen LogP contribution in [0.25, 0.3) is 22.1 Å². The number of benzene rings is 3. The Morgan fingerprint density at radius 2 is 1.64 bits per heavy atom. The number of aryl methyl sites for hydroxylation is 1. The fraction of sp³-hybridized carbons (Fsp3) is 0.125. The first kappa shape index (κ1) is 17.9. The van der Waals surface area contributed by atoms with Crippen molar-refractivity contribution in [3.05, 3.63) is 94.3 Å². The fourth-order valence-electron chi connectivity index (χ4n) is 3.33. The fourth-order valence-corrected chi connectivity index (χ4v) is 3.33. The van der Waals surface area contributed by atoms with E-state index in [0.717, 1.165) is 33.4 Å². The SMILES string of the molecule is COc1ccccc1COc1ccc2c(-c3ccccc3)cc(=O)oc2c1C. The zero-order chi connectivity index (χ0) is 19.5. The summed E-state index contributed by atoms with van der Waals surface area (Å²) in [7, 11) is 1.64. The summed E-state index contributed by atoms with van der Waals surface area (Å²) in [5, 5.41) is 0.882. The van der Waals surface area contributed by atoms with Crippen molar-refractivity contribution < 1.29 is 13.9 Å². The lowest BCUT2D eigenvalue weighted by Gasteiger charge is -2.14. The second kappa shape index (κ2) is 7.61. The van der Waals surface area contributed by atoms with E-state index in [4.69, 9.17) is 13.9 Å². The van der Waals surface area contributed by atoms with Crippen molar-refractivity contribution in [3.8, 4) is 22.6 Å². The van der Waals surface area contributed by atoms with E-state index in [9.17, 15) is 4.79 Å². The van der Waals surface area contributed by atoms with Crippen LogP contribution >= 0.6 is 0 Å². The Kier molecular flexibility index (Phi) is 4.85. The highest BCUT2D eigenvalue weighted by Crippen LogP contribution is 2.33. The summed E-state index contributed by atoms with van der Waals surface area (Å²) in [4.78, 5) is 12.2. The number of methoxy groups -OCH3 is 1. The van der Waals surface area contributed by atoms with Gasteiger partial charge in [-0.1, -0.05) is 48.5 Å². The predicted octanol–water partition coefficient (Wildman–Crippen LogP) is 5.36. The van der Waals surface area contributed by atoms with Gasteiger partial charge in [-0.05, 0) is 36.2 Å². The van der Waals surface area contributed by atoms with Crippen molar-refractivity contribution >= 4 is 11.0 Å². The van der Waals surface area contributed by atoms with Gasteiger partial charge in [-0.3, -0.25) is 0 Å². The van der Waals surface area contributed by atoms with Crippen LogP contribution in [0.1, 0.15) is 11.1 Å². The average molecular weight is 372 g/mol. The Bertz CT molecular complexity index is 1180. The van der Waals surface area contributed by atoms with Gasteiger partial charge in [0.05, 0.1) is 7.11 Å². The first-order valence-electron chi connectivity index (χ1n) is 9.05. The molecule has 0 N–H and O–H groups in total. The Morgan fingerprint density at radius 1 is 0.893 bits per heavy atom. The Labute approximate surface area is 163 Å². The summed E-state index contributed by atoms with van der Waals surface area (Å²) in [6.07, 6.45) is 0. The molecule has 1 aromatic heterocycles. The molecule has 0 aliphatic heterocycles. The highest BCUT2D eigenvalue weighted by Gasteiger charge is 2.13. The van der Waals surface area contributed by atoms with Crippen LogP contribution in [-0.4, -0.2) is 7.11 Å². The molecule has 0 aliphatic rings. The van der Waals surface area contributed by atoms with Crippen molar-refractivity contribution in [1.82, 2.24) is 0 Å². The average Bonchev–Trinajstić information content (AvgIpc) is 2.74. The molecular formula is C24H20O4. The van der Waals surface area contributed by atoms with Crippen molar-refractivity contribution in [2.75, 3.05) is 7.11 Å². The van der Waals surface area contributed by atoms with Crippen molar-refractivity contribution in [2.24, 2.45) is 0 Å². The Balaban J connectivity index is 1.74. The number of fused-ring (bicyclic) bond motifs is 1. The van der Waals surface area contributed by atoms with Crippen LogP contribution in [-0.2, 0) is 6.61 Å². The van der Waals surface area contributed by atoms with Crippen LogP contribution < -0.4 is 15.1 Å². The summed E-state index contributed by atoms with van der Waals surface area (Å²) in [5.41, 5.74) is 3.74. The first-order valence-corrected chi connectivity index (χ1v) is 9.05. The van der Waals surface area contributed by atoms with Gasteiger partial charge >= 0.3 is 5.63 Å². The monoisotopic (exact) mass is 372 g/mol. The van der Waals surface area contributed by atoms with Gasteiger partial charge in [0.25, 0.3) is 0 Å². The van der Waals surface area contributed by atoms with Crippen molar-refractivity contribution in [2.45, 2.75) is 13.5 Å². The second-order valence-electron chi connectivity index (χ2n) is 6.51. The Hall–Kier alpha value is -3.53. The first-order chi connectivity index (χ1) is 13.7. The standard InChI is InChI=1S/C24H20O4/c1-16-21(27-15-18-10-6-7-11-22(18)26-2)13-12-19-20(14-23(25)28-24(16)19)17-8-4-3-5-9-17/h3-14H,15H2,1-2H3. The van der Waals surface area contributed by atoms with Gasteiger partial charge in [0.1, 0.15) is 23.7 Å². The summed E-state index contributed by atoms with van der Waals surface area (Å²) in [5.74, 6) is 1.45. The number of rotatable bonds is 5. The van der Waals surface area contributed by atoms with Crippen molar-refractivity contribution in [1.29, 1.82) is 0 Å². The van der Waals surface area contributed by atoms with Crippen LogP contribution in [0, 0.1) is 6.92 Å². The summed E-state index contributed by atoms with van der Waals surface area (Å²) in [6.45, 7) is 2.26. The lowest BCUT2D eigenvalue weighted by Crippen LogP contribution is -2.02. The zero-order valence-corrected chi connectivity index (χ0v) is 15.8. The van der Waals surface area contributed by atoms with E-state index in [1.807, 2.05) is 73.7 Å². The molecule has 28 heavy (non-hydrogen) atoms. The number of hydrogen-bond donors (Lipinski definition) is 0. The van der Waals surface area contributed by atoms with Gasteiger partial charge < -0.3 is 13.9 Å². The lowest BCUT2D eigenvalue weighted by atomic mass is 10.0. The maximum absolute atomic E-state index is 12.2. The molecule has 0 radical (unpaired) electrons. The molecule has 0 saturated heterocycles. The minimum atomic E-state index is -0.378. The lowest BCUT2D eigenvalue weighted by molar-refractivity contribution is 0.294. The molecule has 0 aliphatic carbocycles. The minimum Gasteiger partial charge on any atom is -0.496 e. The van der Waals surface area contributed by atoms with E-state index in [1.54, 1.807) is 7.11 Å². The third-order valence-corrected chi connectivity index (χ3v) is 4.77. The van der Waals surface area contributed by atoms with E-state index in [1.165, 1.54) is 6.07 Å². The van der Waals surface area contributed by atoms with Gasteiger partial charge in [-0.25, -0.2) is 4.79 Å². The van der Waals surface area contributed by atoms with Gasteiger partial charge in [0.15, 0.2) is 0 Å². The molecule has 3 aromatic carbocycles. The van der Waals surface area contributed by atoms with E-state index in [0.29, 0.717) is 17.9 Å². The smallest absolute Gasteiger partial charge is 0.336 e. The molecule has 0 unspecified atom stereocenters. The molecular weight excluding hydrogens is 352 g/mol. The number of hydrogen-bond acceptors (Lipinski definition) is 4. The van der Waals surface area contributed by atoms with E-state index in [2.05, 4.69) is 0 Å². The number of ether oxygens (including phenoxy) is 2. The Morgan fingerprint density at radius 3 is 2.43 bits per heavy atom. The molecule has 0 spiro atoms. The van der Waals surface area contributed by atoms with Crippen LogP contribution in [0.15, 0.2) is 82.0 Å². The van der Waals surface area contributed by atoms with Crippen LogP contribution in [0.5, 0.6) is 11.5 Å². The molecule has 4 heteroatoms. The molecule has 4 aromatic rings. The quantitative estimate of drug-likeness (QED) is 0.443. The van der Waals surface area contributed by atoms with Crippen LogP contribution in [0.2, 0.25) is 0 Å². The van der Waals surface area contributed by atoms with Crippen LogP contribution in [0.3, 0.4) is 0 Å². The summed E-state index contributed by atoms with van der Waals surface area (Å²) >= 11 is 0. The van der Waals surface area contributed by atoms with Gasteiger partial charge in [0, 0.05) is 22.6 Å². The molecule has 0 fully saturated rings. The van der Waals surface area contributed by atoms with Gasteiger partial charge in [0.2, 0.25) is 0 Å². The maximum atomic E-state index is 12.2. The molecule has 1 heterocycles. The zero-order valence-electron chi connectivity index (χ0n) is 15.8. The third-order valence-electron chi connectivity index (χ3n) is 4.77. The van der Waals surface area contributed by atoms with Crippen LogP contribution in [0.4, 0.5) is 0 Å². The molecule has 140 valence electrons. The topological polar surface area (TPSA) is 48.7 Å². The molecule has 0 atom stereocenters. The summed E-state index contributed by atoms with van der Waals surface area (Å²) in [6, 6.07) is 22.9. The molecule has 0 amide bonds. The summed E-state index contributed by atoms with van der Waals surface area (Å²) < 4.78 is 16.9. The van der Waals surface area contributed by atoms with E-state index in [-0.39, 0.29) is 5.63 Å². The van der Waals surface area contributed by atoms with Crippen molar-refractivity contribution in [3.63, 3.8) is 0 Å². The van der Waals surface area contributed by atoms with Gasteiger partial charge in [-0.2, -0.15) is 0 Å².